The molecule has 1 aromatic rings. The van der Waals surface area contributed by atoms with E-state index in [1.54, 1.807) is 12.1 Å². The van der Waals surface area contributed by atoms with Gasteiger partial charge in [-0.05, 0) is 31.9 Å². The van der Waals surface area contributed by atoms with Crippen molar-refractivity contribution < 1.29 is 27.5 Å². The van der Waals surface area contributed by atoms with Gasteiger partial charge in [-0.2, -0.15) is 4.31 Å². The smallest absolute Gasteiger partial charge is 0.329 e. The van der Waals surface area contributed by atoms with Crippen LogP contribution in [0.5, 0.6) is 0 Å². The summed E-state index contributed by atoms with van der Waals surface area (Å²) in [5.74, 6) is -1.17. The number of sulfonamides is 1. The Bertz CT molecular complexity index is 898. The molecule has 0 saturated carbocycles. The van der Waals surface area contributed by atoms with Crippen molar-refractivity contribution in [2.75, 3.05) is 18.9 Å². The molecule has 1 aromatic carbocycles. The first-order chi connectivity index (χ1) is 14.2. The van der Waals surface area contributed by atoms with Gasteiger partial charge in [-0.3, -0.25) is 9.59 Å². The zero-order valence-corrected chi connectivity index (χ0v) is 18.6. The number of carbonyl (C=O) groups is 3. The molecule has 0 radical (unpaired) electrons. The zero-order chi connectivity index (χ0) is 22.3. The number of esters is 1. The standard InChI is InChI=1S/C20H26N2O6S2/c1-4-12-28-19(24)17(21-15(3)23)13-29-20(25)18-6-5-11-22(18)30(26,27)16-9-7-14(2)8-10-16/h4,7-10,17-18H,1,5-6,11-13H2,2-3H3,(H,21,23)/t17-,18-/m0/s1. The molecule has 1 N–H and O–H groups in total. The third-order valence-electron chi connectivity index (χ3n) is 4.50. The van der Waals surface area contributed by atoms with Crippen LogP contribution in [0.25, 0.3) is 0 Å². The van der Waals surface area contributed by atoms with Crippen LogP contribution >= 0.6 is 11.8 Å². The van der Waals surface area contributed by atoms with Gasteiger partial charge in [-0.15, -0.1) is 0 Å². The number of aryl methyl sites for hydroxylation is 1. The summed E-state index contributed by atoms with van der Waals surface area (Å²) >= 11 is 0.817. The largest absolute Gasteiger partial charge is 0.460 e. The third-order valence-corrected chi connectivity index (χ3v) is 7.48. The minimum Gasteiger partial charge on any atom is -0.460 e. The fourth-order valence-electron chi connectivity index (χ4n) is 3.03. The zero-order valence-electron chi connectivity index (χ0n) is 17.0. The molecule has 1 amide bonds. The molecule has 0 unspecified atom stereocenters. The Morgan fingerprint density at radius 1 is 1.33 bits per heavy atom. The van der Waals surface area contributed by atoms with Crippen LogP contribution in [0.4, 0.5) is 0 Å². The first-order valence-electron chi connectivity index (χ1n) is 9.46. The van der Waals surface area contributed by atoms with Crippen LogP contribution in [-0.4, -0.2) is 60.7 Å². The maximum atomic E-state index is 13.0. The van der Waals surface area contributed by atoms with E-state index in [9.17, 15) is 22.8 Å². The minimum atomic E-state index is -3.81. The SMILES string of the molecule is C=CCOC(=O)[C@H](CSC(=O)[C@@H]1CCCN1S(=O)(=O)c1ccc(C)cc1)NC(C)=O. The monoisotopic (exact) mass is 454 g/mol. The summed E-state index contributed by atoms with van der Waals surface area (Å²) < 4.78 is 32.2. The van der Waals surface area contributed by atoms with Gasteiger partial charge in [0.05, 0.1) is 10.9 Å². The normalized spacial score (nSPS) is 17.9. The molecule has 1 saturated heterocycles. The van der Waals surface area contributed by atoms with E-state index in [4.69, 9.17) is 4.74 Å². The molecular weight excluding hydrogens is 428 g/mol. The molecule has 30 heavy (non-hydrogen) atoms. The average molecular weight is 455 g/mol. The van der Waals surface area contributed by atoms with E-state index in [1.165, 1.54) is 29.4 Å². The summed E-state index contributed by atoms with van der Waals surface area (Å²) in [6, 6.07) is 4.65. The first-order valence-corrected chi connectivity index (χ1v) is 11.9. The predicted octanol–water partition coefficient (Wildman–Crippen LogP) is 1.64. The van der Waals surface area contributed by atoms with Gasteiger partial charge in [0.1, 0.15) is 12.6 Å². The Labute approximate surface area is 181 Å². The Hall–Kier alpha value is -2.17. The second-order valence-electron chi connectivity index (χ2n) is 6.89. The Kier molecular flexibility index (Phi) is 8.63. The number of benzene rings is 1. The van der Waals surface area contributed by atoms with Gasteiger partial charge in [0.15, 0.2) is 0 Å². The molecule has 8 nitrogen and oxygen atoms in total. The van der Waals surface area contributed by atoms with Crippen molar-refractivity contribution in [3.63, 3.8) is 0 Å². The fourth-order valence-corrected chi connectivity index (χ4v) is 5.74. The Balaban J connectivity index is 2.08. The lowest BCUT2D eigenvalue weighted by Gasteiger charge is -2.23. The summed E-state index contributed by atoms with van der Waals surface area (Å²) in [5.41, 5.74) is 0.936. The van der Waals surface area contributed by atoms with Crippen LogP contribution in [0.2, 0.25) is 0 Å². The summed E-state index contributed by atoms with van der Waals surface area (Å²) in [6.07, 6.45) is 2.37. The summed E-state index contributed by atoms with van der Waals surface area (Å²) in [5, 5.41) is 2.09. The number of carbonyl (C=O) groups excluding carboxylic acids is 3. The molecule has 2 atom stereocenters. The quantitative estimate of drug-likeness (QED) is 0.446. The highest BCUT2D eigenvalue weighted by atomic mass is 32.2. The molecule has 2 rings (SSSR count). The highest BCUT2D eigenvalue weighted by molar-refractivity contribution is 8.13. The van der Waals surface area contributed by atoms with Gasteiger partial charge >= 0.3 is 5.97 Å². The van der Waals surface area contributed by atoms with Crippen LogP contribution < -0.4 is 5.32 Å². The van der Waals surface area contributed by atoms with Crippen molar-refractivity contribution >= 4 is 38.8 Å². The van der Waals surface area contributed by atoms with E-state index in [2.05, 4.69) is 11.9 Å². The van der Waals surface area contributed by atoms with Crippen LogP contribution in [0.1, 0.15) is 25.3 Å². The first kappa shape index (κ1) is 24.1. The number of hydrogen-bond donors (Lipinski definition) is 1. The minimum absolute atomic E-state index is 0.0152. The Morgan fingerprint density at radius 3 is 2.60 bits per heavy atom. The van der Waals surface area contributed by atoms with Crippen LogP contribution in [0, 0.1) is 6.92 Å². The number of hydrogen-bond acceptors (Lipinski definition) is 7. The molecule has 1 fully saturated rings. The van der Waals surface area contributed by atoms with Crippen molar-refractivity contribution in [1.29, 1.82) is 0 Å². The summed E-state index contributed by atoms with van der Waals surface area (Å²) in [6.45, 7) is 6.81. The lowest BCUT2D eigenvalue weighted by Crippen LogP contribution is -2.44. The van der Waals surface area contributed by atoms with Crippen LogP contribution in [0.3, 0.4) is 0 Å². The molecular formula is C20H26N2O6S2. The molecule has 1 aliphatic rings. The van der Waals surface area contributed by atoms with Crippen molar-refractivity contribution in [1.82, 2.24) is 9.62 Å². The van der Waals surface area contributed by atoms with E-state index in [-0.39, 0.29) is 28.9 Å². The molecule has 0 spiro atoms. The summed E-state index contributed by atoms with van der Waals surface area (Å²) in [7, 11) is -3.81. The number of thioether (sulfide) groups is 1. The molecule has 0 bridgehead atoms. The van der Waals surface area contributed by atoms with E-state index >= 15 is 0 Å². The Morgan fingerprint density at radius 2 is 2.00 bits per heavy atom. The number of nitrogens with zero attached hydrogens (tertiary/aromatic N) is 1. The number of rotatable bonds is 9. The molecule has 164 valence electrons. The molecule has 1 aliphatic heterocycles. The molecule has 0 aromatic heterocycles. The lowest BCUT2D eigenvalue weighted by atomic mass is 10.2. The number of amides is 1. The number of ether oxygens (including phenoxy) is 1. The van der Waals surface area contributed by atoms with Crippen LogP contribution in [-0.2, 0) is 29.1 Å². The van der Waals surface area contributed by atoms with Crippen molar-refractivity contribution in [2.45, 2.75) is 43.7 Å². The van der Waals surface area contributed by atoms with E-state index in [0.29, 0.717) is 12.8 Å². The topological polar surface area (TPSA) is 110 Å². The van der Waals surface area contributed by atoms with Crippen molar-refractivity contribution in [3.05, 3.63) is 42.5 Å². The van der Waals surface area contributed by atoms with Gasteiger partial charge < -0.3 is 10.1 Å². The molecule has 10 heteroatoms. The van der Waals surface area contributed by atoms with Gasteiger partial charge in [-0.1, -0.05) is 42.1 Å². The lowest BCUT2D eigenvalue weighted by molar-refractivity contribution is -0.145. The van der Waals surface area contributed by atoms with Crippen molar-refractivity contribution in [2.24, 2.45) is 0 Å². The second kappa shape index (κ2) is 10.7. The van der Waals surface area contributed by atoms with E-state index in [1.807, 2.05) is 6.92 Å². The predicted molar refractivity (Wildman–Crippen MR) is 114 cm³/mol. The second-order valence-corrected chi connectivity index (χ2v) is 9.80. The number of nitrogens with one attached hydrogen (secondary N) is 1. The third kappa shape index (κ3) is 6.16. The van der Waals surface area contributed by atoms with E-state index in [0.717, 1.165) is 17.3 Å². The van der Waals surface area contributed by atoms with Gasteiger partial charge in [0.2, 0.25) is 21.0 Å². The van der Waals surface area contributed by atoms with E-state index < -0.39 is 34.0 Å². The fraction of sp³-hybridized carbons (Fsp3) is 0.450. The van der Waals surface area contributed by atoms with Gasteiger partial charge in [-0.25, -0.2) is 13.2 Å². The summed E-state index contributed by atoms with van der Waals surface area (Å²) in [4.78, 5) is 36.4. The van der Waals surface area contributed by atoms with Gasteiger partial charge in [0, 0.05) is 19.2 Å². The highest BCUT2D eigenvalue weighted by Crippen LogP contribution is 2.29. The highest BCUT2D eigenvalue weighted by Gasteiger charge is 2.39. The van der Waals surface area contributed by atoms with Gasteiger partial charge in [0.25, 0.3) is 0 Å². The van der Waals surface area contributed by atoms with Crippen LogP contribution in [0.15, 0.2) is 41.8 Å². The van der Waals surface area contributed by atoms with Crippen molar-refractivity contribution in [3.8, 4) is 0 Å². The maximum absolute atomic E-state index is 13.0. The molecule has 1 heterocycles. The average Bonchev–Trinajstić information content (AvgIpc) is 3.20. The maximum Gasteiger partial charge on any atom is 0.329 e. The molecule has 0 aliphatic carbocycles.